The van der Waals surface area contributed by atoms with Crippen LogP contribution in [0.25, 0.3) is 11.0 Å². The van der Waals surface area contributed by atoms with Crippen LogP contribution in [0.15, 0.2) is 36.5 Å². The van der Waals surface area contributed by atoms with Crippen LogP contribution in [0, 0.1) is 13.8 Å². The maximum absolute atomic E-state index is 5.75. The summed E-state index contributed by atoms with van der Waals surface area (Å²) >= 11 is 0. The van der Waals surface area contributed by atoms with Crippen LogP contribution in [-0.4, -0.2) is 39.3 Å². The third-order valence-electron chi connectivity index (χ3n) is 5.51. The number of benzene rings is 1. The second kappa shape index (κ2) is 7.17. The van der Waals surface area contributed by atoms with Gasteiger partial charge in [-0.3, -0.25) is 4.90 Å². The number of hydrogen-bond donors (Lipinski definition) is 1. The van der Waals surface area contributed by atoms with Crippen molar-refractivity contribution in [3.05, 3.63) is 58.9 Å². The summed E-state index contributed by atoms with van der Waals surface area (Å²) in [4.78, 5) is 7.07. The standard InChI is InChI=1S/C21H27N5/c1-15-5-6-17(12-16(15)2)13-25-10-7-18(14-25)20-19-4-3-9-23-21(19)26(24-20)11-8-22/h3-6,9,12,18H,7-8,10-11,13-14,22H2,1-2H3/t18-/m1/s1. The van der Waals surface area contributed by atoms with E-state index in [1.165, 1.54) is 27.8 Å². The lowest BCUT2D eigenvalue weighted by atomic mass is 10.0. The number of likely N-dealkylation sites (tertiary alicyclic amines) is 1. The Morgan fingerprint density at radius 1 is 1.19 bits per heavy atom. The molecule has 0 radical (unpaired) electrons. The van der Waals surface area contributed by atoms with Crippen molar-refractivity contribution in [1.29, 1.82) is 0 Å². The first-order valence-corrected chi connectivity index (χ1v) is 9.45. The minimum Gasteiger partial charge on any atom is -0.329 e. The van der Waals surface area contributed by atoms with Gasteiger partial charge in [-0.2, -0.15) is 5.10 Å². The first-order valence-electron chi connectivity index (χ1n) is 9.45. The van der Waals surface area contributed by atoms with Gasteiger partial charge >= 0.3 is 0 Å². The molecular formula is C21H27N5. The quantitative estimate of drug-likeness (QED) is 0.769. The van der Waals surface area contributed by atoms with Gasteiger partial charge in [0, 0.05) is 37.1 Å². The summed E-state index contributed by atoms with van der Waals surface area (Å²) in [5.41, 5.74) is 12.0. The fraction of sp³-hybridized carbons (Fsp3) is 0.429. The van der Waals surface area contributed by atoms with Crippen molar-refractivity contribution in [2.75, 3.05) is 19.6 Å². The fourth-order valence-electron chi connectivity index (χ4n) is 3.97. The van der Waals surface area contributed by atoms with Crippen molar-refractivity contribution in [2.24, 2.45) is 5.73 Å². The van der Waals surface area contributed by atoms with E-state index in [4.69, 9.17) is 10.8 Å². The zero-order valence-electron chi connectivity index (χ0n) is 15.7. The van der Waals surface area contributed by atoms with E-state index in [1.54, 1.807) is 0 Å². The summed E-state index contributed by atoms with van der Waals surface area (Å²) in [5, 5.41) is 6.06. The number of nitrogens with zero attached hydrogens (tertiary/aromatic N) is 4. The largest absolute Gasteiger partial charge is 0.329 e. The molecule has 1 atom stereocenters. The minimum absolute atomic E-state index is 0.465. The SMILES string of the molecule is Cc1ccc(CN2CC[C@@H](c3nn(CCN)c4ncccc34)C2)cc1C. The molecule has 1 aliphatic rings. The molecule has 2 N–H and O–H groups in total. The minimum atomic E-state index is 0.465. The molecule has 3 aromatic rings. The van der Waals surface area contributed by atoms with E-state index < -0.39 is 0 Å². The van der Waals surface area contributed by atoms with E-state index in [9.17, 15) is 0 Å². The number of hydrogen-bond acceptors (Lipinski definition) is 4. The lowest BCUT2D eigenvalue weighted by Crippen LogP contribution is -2.20. The molecule has 1 aliphatic heterocycles. The summed E-state index contributed by atoms with van der Waals surface area (Å²) in [6.45, 7) is 8.83. The maximum Gasteiger partial charge on any atom is 0.158 e. The number of aryl methyl sites for hydroxylation is 2. The average Bonchev–Trinajstić information content (AvgIpc) is 3.24. The third kappa shape index (κ3) is 3.24. The highest BCUT2D eigenvalue weighted by molar-refractivity contribution is 5.78. The Balaban J connectivity index is 1.53. The monoisotopic (exact) mass is 349 g/mol. The highest BCUT2D eigenvalue weighted by atomic mass is 15.3. The van der Waals surface area contributed by atoms with Crippen LogP contribution < -0.4 is 5.73 Å². The summed E-state index contributed by atoms with van der Waals surface area (Å²) in [6.07, 6.45) is 2.98. The van der Waals surface area contributed by atoms with Gasteiger partial charge in [0.25, 0.3) is 0 Å². The van der Waals surface area contributed by atoms with Crippen LogP contribution in [-0.2, 0) is 13.1 Å². The van der Waals surface area contributed by atoms with Gasteiger partial charge in [-0.15, -0.1) is 0 Å². The molecule has 0 amide bonds. The number of rotatable bonds is 5. The number of pyridine rings is 1. The first-order chi connectivity index (χ1) is 12.7. The van der Waals surface area contributed by atoms with Gasteiger partial charge in [-0.25, -0.2) is 9.67 Å². The average molecular weight is 349 g/mol. The highest BCUT2D eigenvalue weighted by Crippen LogP contribution is 2.32. The van der Waals surface area contributed by atoms with Crippen LogP contribution in [0.5, 0.6) is 0 Å². The molecule has 1 aromatic carbocycles. The molecule has 0 aliphatic carbocycles. The van der Waals surface area contributed by atoms with E-state index >= 15 is 0 Å². The number of fused-ring (bicyclic) bond motifs is 1. The highest BCUT2D eigenvalue weighted by Gasteiger charge is 2.28. The second-order valence-corrected chi connectivity index (χ2v) is 7.41. The van der Waals surface area contributed by atoms with Gasteiger partial charge in [-0.1, -0.05) is 18.2 Å². The Labute approximate surface area is 154 Å². The third-order valence-corrected chi connectivity index (χ3v) is 5.51. The Bertz CT molecular complexity index is 914. The molecular weight excluding hydrogens is 322 g/mol. The zero-order valence-corrected chi connectivity index (χ0v) is 15.7. The Hall–Kier alpha value is -2.24. The fourth-order valence-corrected chi connectivity index (χ4v) is 3.97. The maximum atomic E-state index is 5.75. The van der Waals surface area contributed by atoms with Crippen LogP contribution >= 0.6 is 0 Å². The molecule has 3 heterocycles. The zero-order chi connectivity index (χ0) is 18.1. The van der Waals surface area contributed by atoms with Gasteiger partial charge in [0.05, 0.1) is 12.2 Å². The Kier molecular flexibility index (Phi) is 4.74. The van der Waals surface area contributed by atoms with Crippen LogP contribution in [0.1, 0.15) is 34.7 Å². The van der Waals surface area contributed by atoms with Crippen molar-refractivity contribution in [2.45, 2.75) is 39.3 Å². The van der Waals surface area contributed by atoms with E-state index in [0.717, 1.165) is 31.7 Å². The molecule has 26 heavy (non-hydrogen) atoms. The molecule has 136 valence electrons. The second-order valence-electron chi connectivity index (χ2n) is 7.41. The predicted molar refractivity (Wildman–Crippen MR) is 105 cm³/mol. The molecule has 5 nitrogen and oxygen atoms in total. The predicted octanol–water partition coefficient (Wildman–Crippen LogP) is 3.00. The van der Waals surface area contributed by atoms with Gasteiger partial charge in [-0.05, 0) is 55.6 Å². The molecule has 0 saturated carbocycles. The molecule has 5 heteroatoms. The van der Waals surface area contributed by atoms with Gasteiger partial charge in [0.15, 0.2) is 5.65 Å². The Morgan fingerprint density at radius 3 is 2.88 bits per heavy atom. The first kappa shape index (κ1) is 17.2. The summed E-state index contributed by atoms with van der Waals surface area (Å²) < 4.78 is 1.97. The molecule has 2 aromatic heterocycles. The normalized spacial score (nSPS) is 18.0. The molecule has 0 unspecified atom stereocenters. The van der Waals surface area contributed by atoms with Crippen molar-refractivity contribution >= 4 is 11.0 Å². The van der Waals surface area contributed by atoms with E-state index in [-0.39, 0.29) is 0 Å². The van der Waals surface area contributed by atoms with Crippen molar-refractivity contribution in [1.82, 2.24) is 19.7 Å². The summed E-state index contributed by atoms with van der Waals surface area (Å²) in [7, 11) is 0. The molecule has 4 rings (SSSR count). The Morgan fingerprint density at radius 2 is 2.08 bits per heavy atom. The summed E-state index contributed by atoms with van der Waals surface area (Å²) in [6, 6.07) is 10.9. The van der Waals surface area contributed by atoms with E-state index in [2.05, 4.69) is 48.0 Å². The van der Waals surface area contributed by atoms with Gasteiger partial charge in [0.1, 0.15) is 0 Å². The van der Waals surface area contributed by atoms with Crippen LogP contribution in [0.3, 0.4) is 0 Å². The van der Waals surface area contributed by atoms with Gasteiger partial charge in [0.2, 0.25) is 0 Å². The lowest BCUT2D eigenvalue weighted by molar-refractivity contribution is 0.326. The summed E-state index contributed by atoms with van der Waals surface area (Å²) in [5.74, 6) is 0.465. The topological polar surface area (TPSA) is 60.0 Å². The van der Waals surface area contributed by atoms with Crippen LogP contribution in [0.4, 0.5) is 0 Å². The molecule has 0 spiro atoms. The van der Waals surface area contributed by atoms with Crippen LogP contribution in [0.2, 0.25) is 0 Å². The van der Waals surface area contributed by atoms with Crippen molar-refractivity contribution < 1.29 is 0 Å². The molecule has 0 bridgehead atoms. The lowest BCUT2D eigenvalue weighted by Gasteiger charge is -2.16. The number of nitrogens with two attached hydrogens (primary N) is 1. The van der Waals surface area contributed by atoms with E-state index in [0.29, 0.717) is 19.0 Å². The number of aromatic nitrogens is 3. The smallest absolute Gasteiger partial charge is 0.158 e. The van der Waals surface area contributed by atoms with Crippen molar-refractivity contribution in [3.63, 3.8) is 0 Å². The van der Waals surface area contributed by atoms with Gasteiger partial charge < -0.3 is 5.73 Å². The van der Waals surface area contributed by atoms with Crippen molar-refractivity contribution in [3.8, 4) is 0 Å². The van der Waals surface area contributed by atoms with E-state index in [1.807, 2.05) is 16.9 Å². The molecule has 1 fully saturated rings. The molecule has 1 saturated heterocycles.